The first-order valence-electron chi connectivity index (χ1n) is 8.11. The Kier molecular flexibility index (Phi) is 3.02. The molecule has 0 atom stereocenters. The Morgan fingerprint density at radius 3 is 2.57 bits per heavy atom. The van der Waals surface area contributed by atoms with E-state index in [1.165, 1.54) is 36.8 Å². The molecule has 1 aromatic heterocycles. The van der Waals surface area contributed by atoms with Crippen LogP contribution in [0.4, 0.5) is 11.4 Å². The average molecular weight is 281 g/mol. The molecule has 0 spiro atoms. The summed E-state index contributed by atoms with van der Waals surface area (Å²) in [6.07, 6.45) is 7.65. The van der Waals surface area contributed by atoms with E-state index in [0.29, 0.717) is 0 Å². The molecular formula is C18H23N3. The maximum Gasteiger partial charge on any atom is 0.0422 e. The van der Waals surface area contributed by atoms with Gasteiger partial charge >= 0.3 is 0 Å². The summed E-state index contributed by atoms with van der Waals surface area (Å²) >= 11 is 0. The summed E-state index contributed by atoms with van der Waals surface area (Å²) in [6, 6.07) is 6.25. The van der Waals surface area contributed by atoms with Gasteiger partial charge < -0.3 is 11.1 Å². The first kappa shape index (κ1) is 12.9. The number of fused-ring (bicyclic) bond motifs is 1. The topological polar surface area (TPSA) is 50.9 Å². The number of pyridine rings is 1. The van der Waals surface area contributed by atoms with E-state index >= 15 is 0 Å². The van der Waals surface area contributed by atoms with E-state index in [9.17, 15) is 0 Å². The van der Waals surface area contributed by atoms with Crippen LogP contribution in [-0.2, 0) is 0 Å². The van der Waals surface area contributed by atoms with Crippen LogP contribution in [0.1, 0.15) is 31.4 Å². The number of rotatable bonds is 5. The molecule has 110 valence electrons. The third-order valence-electron chi connectivity index (χ3n) is 5.05. The molecule has 0 saturated heterocycles. The summed E-state index contributed by atoms with van der Waals surface area (Å²) in [6.45, 7) is 3.14. The highest BCUT2D eigenvalue weighted by molar-refractivity contribution is 6.00. The maximum atomic E-state index is 6.08. The minimum atomic E-state index is 0.809. The molecule has 2 saturated carbocycles. The first-order chi connectivity index (χ1) is 10.2. The van der Waals surface area contributed by atoms with Gasteiger partial charge in [-0.3, -0.25) is 4.98 Å². The van der Waals surface area contributed by atoms with Gasteiger partial charge in [0.15, 0.2) is 0 Å². The summed E-state index contributed by atoms with van der Waals surface area (Å²) in [5.41, 5.74) is 9.13. The van der Waals surface area contributed by atoms with E-state index in [4.69, 9.17) is 5.73 Å². The maximum absolute atomic E-state index is 6.08. The number of benzene rings is 1. The highest BCUT2D eigenvalue weighted by atomic mass is 14.9. The number of nitrogens with one attached hydrogen (secondary N) is 1. The van der Waals surface area contributed by atoms with E-state index in [2.05, 4.69) is 22.4 Å². The van der Waals surface area contributed by atoms with Gasteiger partial charge in [0, 0.05) is 40.6 Å². The highest BCUT2D eigenvalue weighted by Crippen LogP contribution is 2.49. The Morgan fingerprint density at radius 1 is 1.19 bits per heavy atom. The number of hydrogen-bond donors (Lipinski definition) is 2. The molecule has 2 aliphatic rings. The smallest absolute Gasteiger partial charge is 0.0422 e. The molecule has 21 heavy (non-hydrogen) atoms. The predicted octanol–water partition coefficient (Wildman–Crippen LogP) is 3.97. The van der Waals surface area contributed by atoms with Crippen LogP contribution in [0.25, 0.3) is 10.8 Å². The van der Waals surface area contributed by atoms with Crippen molar-refractivity contribution in [2.24, 2.45) is 17.8 Å². The molecule has 0 aliphatic heterocycles. The minimum absolute atomic E-state index is 0.809. The zero-order valence-electron chi connectivity index (χ0n) is 12.6. The van der Waals surface area contributed by atoms with Crippen molar-refractivity contribution in [1.29, 1.82) is 0 Å². The molecule has 4 rings (SSSR count). The second-order valence-corrected chi connectivity index (χ2v) is 6.79. The van der Waals surface area contributed by atoms with Crippen molar-refractivity contribution in [1.82, 2.24) is 4.98 Å². The molecule has 3 N–H and O–H groups in total. The lowest BCUT2D eigenvalue weighted by atomic mass is 9.97. The number of nitrogens with zero attached hydrogens (tertiary/aromatic N) is 1. The van der Waals surface area contributed by atoms with Gasteiger partial charge in [-0.05, 0) is 68.6 Å². The Hall–Kier alpha value is -1.77. The van der Waals surface area contributed by atoms with Gasteiger partial charge in [-0.2, -0.15) is 0 Å². The normalized spacial score (nSPS) is 18.4. The van der Waals surface area contributed by atoms with Crippen molar-refractivity contribution in [2.45, 2.75) is 32.6 Å². The molecule has 0 amide bonds. The third kappa shape index (κ3) is 2.57. The van der Waals surface area contributed by atoms with Gasteiger partial charge in [0.25, 0.3) is 0 Å². The Morgan fingerprint density at radius 2 is 1.90 bits per heavy atom. The lowest BCUT2D eigenvalue weighted by Gasteiger charge is -2.18. The molecule has 0 unspecified atom stereocenters. The zero-order chi connectivity index (χ0) is 14.4. The fraction of sp³-hybridized carbons (Fsp3) is 0.500. The van der Waals surface area contributed by atoms with Gasteiger partial charge in [0.05, 0.1) is 0 Å². The van der Waals surface area contributed by atoms with Crippen molar-refractivity contribution in [3.8, 4) is 0 Å². The standard InChI is InChI=1S/C18H23N3/c1-11-8-14-16(10-20-11)17(19)6-7-18(14)21-9-15(12-2-3-12)13-4-5-13/h6-8,10,12-13,15,21H,2-5,9,19H2,1H3. The molecule has 2 aliphatic carbocycles. The van der Waals surface area contributed by atoms with Crippen molar-refractivity contribution in [2.75, 3.05) is 17.6 Å². The fourth-order valence-corrected chi connectivity index (χ4v) is 3.51. The van der Waals surface area contributed by atoms with E-state index in [1.54, 1.807) is 0 Å². The quantitative estimate of drug-likeness (QED) is 0.815. The van der Waals surface area contributed by atoms with Crippen molar-refractivity contribution < 1.29 is 0 Å². The van der Waals surface area contributed by atoms with E-state index in [1.807, 2.05) is 19.2 Å². The van der Waals surface area contributed by atoms with Crippen LogP contribution in [0.5, 0.6) is 0 Å². The molecule has 3 nitrogen and oxygen atoms in total. The van der Waals surface area contributed by atoms with E-state index in [0.717, 1.165) is 41.1 Å². The van der Waals surface area contributed by atoms with Crippen LogP contribution in [0.2, 0.25) is 0 Å². The number of hydrogen-bond acceptors (Lipinski definition) is 3. The Balaban J connectivity index is 1.60. The van der Waals surface area contributed by atoms with Crippen LogP contribution in [0, 0.1) is 24.7 Å². The van der Waals surface area contributed by atoms with Crippen LogP contribution in [0.15, 0.2) is 24.4 Å². The summed E-state index contributed by atoms with van der Waals surface area (Å²) in [5, 5.41) is 5.96. The molecule has 3 heteroatoms. The average Bonchev–Trinajstić information content (AvgIpc) is 3.35. The molecule has 1 heterocycles. The SMILES string of the molecule is Cc1cc2c(NCC(C3CC3)C3CC3)ccc(N)c2cn1. The van der Waals surface area contributed by atoms with Crippen molar-refractivity contribution in [3.63, 3.8) is 0 Å². The van der Waals surface area contributed by atoms with Gasteiger partial charge in [-0.1, -0.05) is 0 Å². The molecule has 0 bridgehead atoms. The van der Waals surface area contributed by atoms with Crippen LogP contribution in [0.3, 0.4) is 0 Å². The summed E-state index contributed by atoms with van der Waals surface area (Å²) in [5.74, 6) is 2.84. The van der Waals surface area contributed by atoms with Gasteiger partial charge in [-0.15, -0.1) is 0 Å². The van der Waals surface area contributed by atoms with Crippen LogP contribution >= 0.6 is 0 Å². The zero-order valence-corrected chi connectivity index (χ0v) is 12.6. The fourth-order valence-electron chi connectivity index (χ4n) is 3.51. The lowest BCUT2D eigenvalue weighted by Crippen LogP contribution is -2.18. The number of aromatic nitrogens is 1. The lowest BCUT2D eigenvalue weighted by molar-refractivity contribution is 0.428. The Labute approximate surface area is 125 Å². The molecule has 1 aromatic carbocycles. The van der Waals surface area contributed by atoms with Gasteiger partial charge in [-0.25, -0.2) is 0 Å². The number of anilines is 2. The molecule has 0 radical (unpaired) electrons. The van der Waals surface area contributed by atoms with E-state index < -0.39 is 0 Å². The molecule has 2 aromatic rings. The van der Waals surface area contributed by atoms with Crippen LogP contribution < -0.4 is 11.1 Å². The summed E-state index contributed by atoms with van der Waals surface area (Å²) < 4.78 is 0. The minimum Gasteiger partial charge on any atom is -0.398 e. The first-order valence-corrected chi connectivity index (χ1v) is 8.11. The second kappa shape index (κ2) is 4.90. The monoisotopic (exact) mass is 281 g/mol. The predicted molar refractivity (Wildman–Crippen MR) is 88.3 cm³/mol. The molecular weight excluding hydrogens is 258 g/mol. The summed E-state index contributed by atoms with van der Waals surface area (Å²) in [4.78, 5) is 4.37. The van der Waals surface area contributed by atoms with E-state index in [-0.39, 0.29) is 0 Å². The van der Waals surface area contributed by atoms with Crippen LogP contribution in [-0.4, -0.2) is 11.5 Å². The van der Waals surface area contributed by atoms with Gasteiger partial charge in [0.1, 0.15) is 0 Å². The number of nitrogen functional groups attached to an aromatic ring is 1. The Bertz CT molecular complexity index is 659. The number of aryl methyl sites for hydroxylation is 1. The van der Waals surface area contributed by atoms with Gasteiger partial charge in [0.2, 0.25) is 0 Å². The molecule has 2 fully saturated rings. The third-order valence-corrected chi connectivity index (χ3v) is 5.05. The second-order valence-electron chi connectivity index (χ2n) is 6.79. The largest absolute Gasteiger partial charge is 0.398 e. The highest BCUT2D eigenvalue weighted by Gasteiger charge is 2.41. The summed E-state index contributed by atoms with van der Waals surface area (Å²) in [7, 11) is 0. The van der Waals surface area contributed by atoms with Crippen molar-refractivity contribution in [3.05, 3.63) is 30.1 Å². The van der Waals surface area contributed by atoms with Crippen molar-refractivity contribution >= 4 is 22.1 Å². The number of nitrogens with two attached hydrogens (primary N) is 1.